The van der Waals surface area contributed by atoms with E-state index >= 15 is 0 Å². The number of carbonyl (C=O) groups excluding carboxylic acids is 19. The predicted octanol–water partition coefficient (Wildman–Crippen LogP) is -15.2. The summed E-state index contributed by atoms with van der Waals surface area (Å²) >= 11 is 0. The summed E-state index contributed by atoms with van der Waals surface area (Å²) in [7, 11) is 0. The van der Waals surface area contributed by atoms with Crippen LogP contribution in [0, 0.1) is 5.82 Å². The molecule has 0 saturated carbocycles. The third-order valence-corrected chi connectivity index (χ3v) is 20.6. The summed E-state index contributed by atoms with van der Waals surface area (Å²) in [6.07, 6.45) is -3.65. The number of carbonyl (C=O) groups is 19. The Morgan fingerprint density at radius 1 is 0.367 bits per heavy atom. The number of hydrazine groups is 3. The van der Waals surface area contributed by atoms with Gasteiger partial charge in [-0.25, -0.2) is 27.0 Å². The molecule has 56 nitrogen and oxygen atoms in total. The second-order valence-corrected chi connectivity index (χ2v) is 32.2. The van der Waals surface area contributed by atoms with E-state index in [4.69, 9.17) is 80.6 Å². The molecule has 0 aliphatic carbocycles. The number of amides is 19. The molecule has 19 amide bonds. The first kappa shape index (κ1) is 121. The van der Waals surface area contributed by atoms with Gasteiger partial charge in [-0.2, -0.15) is 0 Å². The van der Waals surface area contributed by atoms with Crippen LogP contribution in [0.1, 0.15) is 147 Å². The number of guanidine groups is 3. The molecule has 2 aromatic carbocycles. The van der Waals surface area contributed by atoms with Crippen LogP contribution >= 0.6 is 0 Å². The average molecular weight is 1970 g/mol. The zero-order chi connectivity index (χ0) is 104. The molecule has 0 radical (unpaired) electrons. The van der Waals surface area contributed by atoms with Crippen molar-refractivity contribution in [1.82, 2.24) is 95.6 Å². The lowest BCUT2D eigenvalue weighted by atomic mass is 10.0. The van der Waals surface area contributed by atoms with Crippen LogP contribution in [0.4, 0.5) is 4.39 Å². The molecule has 139 heavy (non-hydrogen) atoms. The van der Waals surface area contributed by atoms with Gasteiger partial charge < -0.3 is 158 Å². The first-order chi connectivity index (χ1) is 65.8. The lowest BCUT2D eigenvalue weighted by molar-refractivity contribution is -0.137. The SMILES string of the molecule is C[C@H](NC(=O)CNC(=O)[C@@H](NC(=O)[C@H](Cc1ccc(F)cc1)NC(=O)CNC(=O)CNC(=O)[C@@H](N)Cc1ccccc1)[C@@H](C)O)C(=O)N[C@@H](CCCN=C(N)N)C(=O)N[C@@H](CCCCN)C(=O)N[C@@H](CO)C(=O)N[C@@H](C)C(=O)N[C@@H](CCCN=C(N)N)C(=O)N[C@@H](CCCCN)C(=O)N[C@@H](CCCN=C(N)N)C(=O)N[C@@H](CCCCN)C(=O)N[C@@H](CC(N)=O)C(=O)N[C@@H](CCC(=O)N(N)N)C(=O)NN. The Hall–Kier alpha value is -14.2. The van der Waals surface area contributed by atoms with Gasteiger partial charge in [-0.05, 0) is 173 Å². The maximum Gasteiger partial charge on any atom is 0.256 e. The van der Waals surface area contributed by atoms with E-state index < -0.39 is 254 Å². The molecule has 15 atom stereocenters. The van der Waals surface area contributed by atoms with Gasteiger partial charge in [0.15, 0.2) is 17.9 Å². The second-order valence-electron chi connectivity index (χ2n) is 32.2. The Labute approximate surface area is 800 Å². The summed E-state index contributed by atoms with van der Waals surface area (Å²) < 4.78 is 14.0. The van der Waals surface area contributed by atoms with Crippen molar-refractivity contribution in [1.29, 1.82) is 0 Å². The van der Waals surface area contributed by atoms with Crippen molar-refractivity contribution in [3.05, 3.63) is 71.5 Å². The molecule has 776 valence electrons. The van der Waals surface area contributed by atoms with E-state index in [0.29, 0.717) is 5.56 Å². The largest absolute Gasteiger partial charge is 0.394 e. The normalized spacial score (nSPS) is 14.1. The summed E-state index contributed by atoms with van der Waals surface area (Å²) in [6, 6.07) is -8.65. The fourth-order valence-electron chi connectivity index (χ4n) is 13.0. The minimum atomic E-state index is -1.88. The number of nitrogens with two attached hydrogens (primary N) is 14. The van der Waals surface area contributed by atoms with Crippen LogP contribution < -0.4 is 171 Å². The van der Waals surface area contributed by atoms with Gasteiger partial charge in [0, 0.05) is 32.5 Å². The van der Waals surface area contributed by atoms with Crippen LogP contribution in [0.3, 0.4) is 0 Å². The van der Waals surface area contributed by atoms with Crippen LogP contribution in [0.2, 0.25) is 0 Å². The van der Waals surface area contributed by atoms with Gasteiger partial charge >= 0.3 is 0 Å². The fraction of sp³-hybridized carbons (Fsp3) is 0.585. The maximum atomic E-state index is 14.7. The molecule has 47 N–H and O–H groups in total. The number of halogens is 1. The number of hydrogen-bond donors (Lipinski definition) is 33. The van der Waals surface area contributed by atoms with E-state index in [1.807, 2.05) is 5.43 Å². The Morgan fingerprint density at radius 2 is 0.712 bits per heavy atom. The highest BCUT2D eigenvalue weighted by Crippen LogP contribution is 2.15. The molecule has 0 saturated heterocycles. The van der Waals surface area contributed by atoms with E-state index in [9.17, 15) is 106 Å². The molecule has 0 unspecified atom stereocenters. The quantitative estimate of drug-likeness (QED) is 0.00730. The second kappa shape index (κ2) is 66.3. The topological polar surface area (TPSA) is 974 Å². The molecule has 2 aromatic rings. The minimum absolute atomic E-state index is 0.00454. The first-order valence-electron chi connectivity index (χ1n) is 44.7. The minimum Gasteiger partial charge on any atom is -0.394 e. The number of nitrogens with zero attached hydrogens (tertiary/aromatic N) is 4. The number of nitrogens with one attached hydrogen (secondary N) is 17. The highest BCUT2D eigenvalue weighted by molar-refractivity contribution is 6.01. The zero-order valence-corrected chi connectivity index (χ0v) is 78.0. The van der Waals surface area contributed by atoms with E-state index in [2.05, 4.69) is 100 Å². The molecule has 0 spiro atoms. The molecule has 0 aliphatic heterocycles. The van der Waals surface area contributed by atoms with E-state index in [0.717, 1.165) is 31.5 Å². The smallest absolute Gasteiger partial charge is 0.256 e. The number of aliphatic hydroxyl groups is 2. The summed E-state index contributed by atoms with van der Waals surface area (Å²) in [6.45, 7) is 0.1000. The summed E-state index contributed by atoms with van der Waals surface area (Å²) in [5.74, 6) is -5.14. The van der Waals surface area contributed by atoms with E-state index in [1.165, 1.54) is 19.1 Å². The molecular weight excluding hydrogens is 1830 g/mol. The number of benzene rings is 2. The van der Waals surface area contributed by atoms with Crippen molar-refractivity contribution in [2.45, 2.75) is 240 Å². The molecule has 2 rings (SSSR count). The van der Waals surface area contributed by atoms with E-state index in [1.54, 1.807) is 30.3 Å². The van der Waals surface area contributed by atoms with Crippen molar-refractivity contribution in [2.24, 2.45) is 95.6 Å². The van der Waals surface area contributed by atoms with Gasteiger partial charge in [0.1, 0.15) is 84.4 Å². The highest BCUT2D eigenvalue weighted by atomic mass is 19.1. The summed E-state index contributed by atoms with van der Waals surface area (Å²) in [5.41, 5.74) is 65.1. The summed E-state index contributed by atoms with van der Waals surface area (Å²) in [4.78, 5) is 271. The molecule has 0 heterocycles. The Morgan fingerprint density at radius 3 is 1.11 bits per heavy atom. The number of unbranched alkanes of at least 4 members (excludes halogenated alkanes) is 3. The third-order valence-electron chi connectivity index (χ3n) is 20.6. The maximum absolute atomic E-state index is 14.7. The van der Waals surface area contributed by atoms with Gasteiger partial charge in [-0.1, -0.05) is 42.5 Å². The van der Waals surface area contributed by atoms with Crippen LogP contribution in [0.5, 0.6) is 0 Å². The molecule has 0 aromatic heterocycles. The predicted molar refractivity (Wildman–Crippen MR) is 502 cm³/mol. The van der Waals surface area contributed by atoms with Gasteiger partial charge in [-0.15, -0.1) is 0 Å². The van der Waals surface area contributed by atoms with Crippen LogP contribution in [0.15, 0.2) is 69.6 Å². The van der Waals surface area contributed by atoms with Gasteiger partial charge in [0.2, 0.25) is 100 Å². The summed E-state index contributed by atoms with van der Waals surface area (Å²) in [5, 5.41) is 60.1. The molecule has 0 fully saturated rings. The zero-order valence-electron chi connectivity index (χ0n) is 78.0. The van der Waals surface area contributed by atoms with Crippen LogP contribution in [-0.2, 0) is 104 Å². The molecular formula is C82H140FN35O21. The number of aliphatic imine (C=N–C) groups is 3. The van der Waals surface area contributed by atoms with Crippen molar-refractivity contribution in [3.63, 3.8) is 0 Å². The van der Waals surface area contributed by atoms with Crippen LogP contribution in [-0.4, -0.2) is 302 Å². The fourth-order valence-corrected chi connectivity index (χ4v) is 13.0. The van der Waals surface area contributed by atoms with Gasteiger partial charge in [0.05, 0.1) is 44.8 Å². The lowest BCUT2D eigenvalue weighted by Gasteiger charge is -2.28. The number of primary amides is 1. The van der Waals surface area contributed by atoms with Crippen molar-refractivity contribution < 1.29 is 106 Å². The van der Waals surface area contributed by atoms with Crippen molar-refractivity contribution >= 4 is 130 Å². The van der Waals surface area contributed by atoms with Gasteiger partial charge in [0.25, 0.3) is 11.8 Å². The number of hydrogen-bond acceptors (Lipinski definition) is 31. The number of aliphatic hydroxyl groups excluding tert-OH is 2. The van der Waals surface area contributed by atoms with Gasteiger partial charge in [-0.3, -0.25) is 111 Å². The Bertz CT molecular complexity index is 4450. The average Bonchev–Trinajstić information content (AvgIpc) is 0.854. The van der Waals surface area contributed by atoms with E-state index in [-0.39, 0.29) is 171 Å². The number of rotatable bonds is 68. The first-order valence-corrected chi connectivity index (χ1v) is 44.7. The van der Waals surface area contributed by atoms with Crippen molar-refractivity contribution in [3.8, 4) is 0 Å². The standard InChI is InChI=1S/C82H140FN35O21/c1-43(104-62(123)41-103-79(139)65(45(3)120)116-76(136)57(37-47-24-26-48(83)27-25-47)106-63(124)40-101-61(122)39-102-68(128)49(87)36-46-16-5-4-6-17-46)66(126)107-53(21-13-33-98-80(89)90)70(130)111-52(20-9-12-32-86)74(134)115-59(42-119)77(137)105-44(2)67(127)108-54(22-14-34-99-81(91)92)71(131)109-50(18-7-10-30-84)69(129)112-55(23-15-35-100-82(93)94)72(132)110-51(19-8-11-31-85)73(133)114-58(38-60(88)121)75(135)113-56(78(138)117-95)28-29-64(125)118(96)97/h4-6,16-17,24-27,43-45,49-59,65,119-120H,7-15,18-23,28-42,84-87,95-97H2,1-3H3,(H2,88,121)(H,101,122)(H,102,128)(H,103,139)(H,104,123)(H,105,137)(H,106,124)(H,107,126)(H,108,127)(H,109,131)(H,110,132)(H,111,130)(H,112,129)(H,113,135)(H,114,133)(H,115,134)(H,116,136)(H,117,138)(H4,89,90,98)(H4,91,92,99)(H4,93,94,100)/t43-,44-,45+,49-,50-,51-,52-,53-,54-,55-,56-,57-,58-,59-,65-/m0/s1. The van der Waals surface area contributed by atoms with Crippen molar-refractivity contribution in [2.75, 3.05) is 65.5 Å². The lowest BCUT2D eigenvalue weighted by Crippen LogP contribution is -2.61. The Balaban J connectivity index is 2.41. The molecule has 0 bridgehead atoms. The Kier molecular flexibility index (Phi) is 57.6. The third kappa shape index (κ3) is 49.9. The molecule has 0 aliphatic rings. The van der Waals surface area contributed by atoms with Crippen LogP contribution in [0.25, 0.3) is 0 Å². The molecule has 57 heteroatoms. The monoisotopic (exact) mass is 1970 g/mol. The highest BCUT2D eigenvalue weighted by Gasteiger charge is 2.38.